The first-order chi connectivity index (χ1) is 10.4. The van der Waals surface area contributed by atoms with E-state index in [1.165, 1.54) is 4.90 Å². The number of anilines is 1. The maximum absolute atomic E-state index is 12.1. The van der Waals surface area contributed by atoms with E-state index in [0.717, 1.165) is 30.4 Å². The van der Waals surface area contributed by atoms with Crippen molar-refractivity contribution in [1.82, 2.24) is 4.90 Å². The number of carbonyl (C=O) groups is 2. The zero-order chi connectivity index (χ0) is 16.3. The Morgan fingerprint density at radius 3 is 2.59 bits per heavy atom. The Morgan fingerprint density at radius 2 is 2.00 bits per heavy atom. The average molecular weight is 304 g/mol. The van der Waals surface area contributed by atoms with Gasteiger partial charge in [0.15, 0.2) is 0 Å². The molecule has 1 aliphatic rings. The quantitative estimate of drug-likeness (QED) is 0.838. The van der Waals surface area contributed by atoms with E-state index in [9.17, 15) is 14.7 Å². The van der Waals surface area contributed by atoms with Gasteiger partial charge in [-0.2, -0.15) is 0 Å². The Labute approximate surface area is 131 Å². The van der Waals surface area contributed by atoms with E-state index in [0.29, 0.717) is 12.2 Å². The molecule has 22 heavy (non-hydrogen) atoms. The number of carbonyl (C=O) groups excluding carboxylic acids is 2. The van der Waals surface area contributed by atoms with Crippen LogP contribution >= 0.6 is 0 Å². The fourth-order valence-electron chi connectivity index (χ4n) is 2.84. The van der Waals surface area contributed by atoms with E-state index in [2.05, 4.69) is 5.32 Å². The van der Waals surface area contributed by atoms with E-state index >= 15 is 0 Å². The van der Waals surface area contributed by atoms with Gasteiger partial charge in [0.05, 0.1) is 6.10 Å². The van der Waals surface area contributed by atoms with Crippen molar-refractivity contribution >= 4 is 17.5 Å². The molecule has 0 bridgehead atoms. The van der Waals surface area contributed by atoms with Crippen LogP contribution in [-0.2, 0) is 9.59 Å². The van der Waals surface area contributed by atoms with E-state index in [-0.39, 0.29) is 12.0 Å². The molecule has 1 aliphatic carbocycles. The summed E-state index contributed by atoms with van der Waals surface area (Å²) in [5.74, 6) is -1.14. The van der Waals surface area contributed by atoms with Gasteiger partial charge in [-0.05, 0) is 49.9 Å². The number of amides is 2. The molecule has 0 aromatic heterocycles. The molecule has 5 nitrogen and oxygen atoms in total. The molecule has 0 spiro atoms. The fourth-order valence-corrected chi connectivity index (χ4v) is 2.84. The largest absolute Gasteiger partial charge is 0.393 e. The molecule has 1 saturated carbocycles. The van der Waals surface area contributed by atoms with Gasteiger partial charge in [0.25, 0.3) is 0 Å². The zero-order valence-electron chi connectivity index (χ0n) is 13.4. The second-order valence-electron chi connectivity index (χ2n) is 6.20. The normalized spacial score (nSPS) is 20.7. The standard InChI is InChI=1S/C17H24N2O3/c1-11-7-8-14(9-12(11)2)18-16(21)17(22)19(3)10-13-5-4-6-15(13)20/h7-9,13,15,20H,4-6,10H2,1-3H3,(H,18,21). The molecule has 0 radical (unpaired) electrons. The highest BCUT2D eigenvalue weighted by molar-refractivity contribution is 6.39. The smallest absolute Gasteiger partial charge is 0.313 e. The molecule has 0 saturated heterocycles. The van der Waals surface area contributed by atoms with Crippen LogP contribution < -0.4 is 5.32 Å². The fraction of sp³-hybridized carbons (Fsp3) is 0.529. The highest BCUT2D eigenvalue weighted by Crippen LogP contribution is 2.26. The molecule has 1 aromatic rings. The molecule has 2 atom stereocenters. The van der Waals surface area contributed by atoms with Gasteiger partial charge in [0.1, 0.15) is 0 Å². The Kier molecular flexibility index (Phi) is 5.19. The number of nitrogens with zero attached hydrogens (tertiary/aromatic N) is 1. The summed E-state index contributed by atoms with van der Waals surface area (Å²) in [5, 5.41) is 12.4. The van der Waals surface area contributed by atoms with Crippen molar-refractivity contribution in [3.8, 4) is 0 Å². The summed E-state index contributed by atoms with van der Waals surface area (Å²) in [7, 11) is 1.60. The lowest BCUT2D eigenvalue weighted by atomic mass is 10.1. The Hall–Kier alpha value is -1.88. The molecule has 2 N–H and O–H groups in total. The van der Waals surface area contributed by atoms with Crippen LogP contribution in [0, 0.1) is 19.8 Å². The second-order valence-corrected chi connectivity index (χ2v) is 6.20. The van der Waals surface area contributed by atoms with Gasteiger partial charge in [-0.1, -0.05) is 12.5 Å². The molecule has 120 valence electrons. The molecule has 0 aliphatic heterocycles. The lowest BCUT2D eigenvalue weighted by molar-refractivity contribution is -0.142. The van der Waals surface area contributed by atoms with Crippen LogP contribution in [-0.4, -0.2) is 41.5 Å². The number of hydrogen-bond donors (Lipinski definition) is 2. The van der Waals surface area contributed by atoms with Crippen LogP contribution in [0.1, 0.15) is 30.4 Å². The van der Waals surface area contributed by atoms with Gasteiger partial charge in [-0.15, -0.1) is 0 Å². The first kappa shape index (κ1) is 16.5. The van der Waals surface area contributed by atoms with Gasteiger partial charge in [-0.25, -0.2) is 0 Å². The maximum Gasteiger partial charge on any atom is 0.313 e. The number of benzene rings is 1. The summed E-state index contributed by atoms with van der Waals surface area (Å²) in [4.78, 5) is 25.6. The highest BCUT2D eigenvalue weighted by atomic mass is 16.3. The van der Waals surface area contributed by atoms with Crippen LogP contribution in [0.3, 0.4) is 0 Å². The summed E-state index contributed by atoms with van der Waals surface area (Å²) >= 11 is 0. The molecule has 1 fully saturated rings. The van der Waals surface area contributed by atoms with Gasteiger partial charge >= 0.3 is 11.8 Å². The Morgan fingerprint density at radius 1 is 1.27 bits per heavy atom. The van der Waals surface area contributed by atoms with Crippen LogP contribution in [0.4, 0.5) is 5.69 Å². The van der Waals surface area contributed by atoms with Crippen molar-refractivity contribution in [2.24, 2.45) is 5.92 Å². The Bertz CT molecular complexity index is 571. The average Bonchev–Trinajstić information content (AvgIpc) is 2.87. The molecule has 0 heterocycles. The third-order valence-electron chi connectivity index (χ3n) is 4.43. The lowest BCUT2D eigenvalue weighted by Crippen LogP contribution is -2.41. The second kappa shape index (κ2) is 6.92. The van der Waals surface area contributed by atoms with Gasteiger partial charge in [0, 0.05) is 25.2 Å². The first-order valence-corrected chi connectivity index (χ1v) is 7.70. The van der Waals surface area contributed by atoms with Crippen molar-refractivity contribution in [3.05, 3.63) is 29.3 Å². The minimum absolute atomic E-state index is 0.0726. The minimum atomic E-state index is -0.641. The van der Waals surface area contributed by atoms with E-state index < -0.39 is 11.8 Å². The topological polar surface area (TPSA) is 69.6 Å². The molecule has 5 heteroatoms. The van der Waals surface area contributed by atoms with Gasteiger partial charge in [-0.3, -0.25) is 9.59 Å². The van der Waals surface area contributed by atoms with Crippen LogP contribution in [0.15, 0.2) is 18.2 Å². The number of aliphatic hydroxyl groups excluding tert-OH is 1. The van der Waals surface area contributed by atoms with Crippen LogP contribution in [0.2, 0.25) is 0 Å². The number of aliphatic hydroxyl groups is 1. The number of nitrogens with one attached hydrogen (secondary N) is 1. The monoisotopic (exact) mass is 304 g/mol. The molecular weight excluding hydrogens is 280 g/mol. The Balaban J connectivity index is 1.93. The molecule has 2 amide bonds. The summed E-state index contributed by atoms with van der Waals surface area (Å²) in [6.45, 7) is 4.37. The number of hydrogen-bond acceptors (Lipinski definition) is 3. The third-order valence-corrected chi connectivity index (χ3v) is 4.43. The number of rotatable bonds is 3. The molecular formula is C17H24N2O3. The molecule has 1 aromatic carbocycles. The van der Waals surface area contributed by atoms with Crippen LogP contribution in [0.5, 0.6) is 0 Å². The minimum Gasteiger partial charge on any atom is -0.393 e. The summed E-state index contributed by atoms with van der Waals surface area (Å²) in [5.41, 5.74) is 2.82. The molecule has 2 unspecified atom stereocenters. The van der Waals surface area contributed by atoms with E-state index in [4.69, 9.17) is 0 Å². The predicted molar refractivity (Wildman–Crippen MR) is 85.5 cm³/mol. The first-order valence-electron chi connectivity index (χ1n) is 7.70. The number of aryl methyl sites for hydroxylation is 2. The van der Waals surface area contributed by atoms with Gasteiger partial charge in [0.2, 0.25) is 0 Å². The summed E-state index contributed by atoms with van der Waals surface area (Å²) < 4.78 is 0. The van der Waals surface area contributed by atoms with Crippen molar-refractivity contribution in [2.75, 3.05) is 18.9 Å². The van der Waals surface area contributed by atoms with E-state index in [1.54, 1.807) is 13.1 Å². The summed E-state index contributed by atoms with van der Waals surface area (Å²) in [6, 6.07) is 5.55. The molecule has 2 rings (SSSR count). The predicted octanol–water partition coefficient (Wildman–Crippen LogP) is 1.86. The van der Waals surface area contributed by atoms with Crippen molar-refractivity contribution in [1.29, 1.82) is 0 Å². The highest BCUT2D eigenvalue weighted by Gasteiger charge is 2.29. The zero-order valence-corrected chi connectivity index (χ0v) is 13.4. The van der Waals surface area contributed by atoms with Crippen molar-refractivity contribution in [2.45, 2.75) is 39.2 Å². The maximum atomic E-state index is 12.1. The van der Waals surface area contributed by atoms with Crippen molar-refractivity contribution < 1.29 is 14.7 Å². The van der Waals surface area contributed by atoms with E-state index in [1.807, 2.05) is 26.0 Å². The third kappa shape index (κ3) is 3.85. The lowest BCUT2D eigenvalue weighted by Gasteiger charge is -2.22. The SMILES string of the molecule is Cc1ccc(NC(=O)C(=O)N(C)CC2CCCC2O)cc1C. The van der Waals surface area contributed by atoms with Gasteiger partial charge < -0.3 is 15.3 Å². The number of likely N-dealkylation sites (N-methyl/N-ethyl adjacent to an activating group) is 1. The van der Waals surface area contributed by atoms with Crippen molar-refractivity contribution in [3.63, 3.8) is 0 Å². The van der Waals surface area contributed by atoms with Crippen LogP contribution in [0.25, 0.3) is 0 Å². The summed E-state index contributed by atoms with van der Waals surface area (Å²) in [6.07, 6.45) is 2.29.